The monoisotopic (exact) mass is 421 g/mol. The van der Waals surface area contributed by atoms with E-state index < -0.39 is 0 Å². The van der Waals surface area contributed by atoms with Gasteiger partial charge in [-0.25, -0.2) is 0 Å². The quantitative estimate of drug-likeness (QED) is 0.508. The highest BCUT2D eigenvalue weighted by molar-refractivity contribution is 6.08. The van der Waals surface area contributed by atoms with Gasteiger partial charge < -0.3 is 9.67 Å². The average Bonchev–Trinajstić information content (AvgIpc) is 3.26. The molecule has 0 unspecified atom stereocenters. The Morgan fingerprint density at radius 2 is 1.59 bits per heavy atom. The van der Waals surface area contributed by atoms with Crippen molar-refractivity contribution in [3.63, 3.8) is 0 Å². The smallest absolute Gasteiger partial charge is 0.263 e. The maximum atomic E-state index is 13.2. The lowest BCUT2D eigenvalue weighted by molar-refractivity contribution is 0.478. The number of aromatic nitrogens is 1. The molecular formula is C27H23N3O2. The van der Waals surface area contributed by atoms with Gasteiger partial charge in [0.15, 0.2) is 0 Å². The number of anilines is 1. The molecule has 0 bridgehead atoms. The summed E-state index contributed by atoms with van der Waals surface area (Å²) in [5.74, 6) is -0.0110. The van der Waals surface area contributed by atoms with E-state index in [1.807, 2.05) is 89.9 Å². The average molecular weight is 422 g/mol. The minimum atomic E-state index is -0.249. The number of hydrazone groups is 1. The summed E-state index contributed by atoms with van der Waals surface area (Å²) in [6, 6.07) is 27.3. The highest BCUT2D eigenvalue weighted by Gasteiger charge is 2.30. The van der Waals surface area contributed by atoms with Gasteiger partial charge in [0, 0.05) is 18.9 Å². The Labute approximate surface area is 186 Å². The van der Waals surface area contributed by atoms with Crippen LogP contribution >= 0.6 is 0 Å². The van der Waals surface area contributed by atoms with Gasteiger partial charge in [-0.1, -0.05) is 72.8 Å². The van der Waals surface area contributed by atoms with E-state index in [0.717, 1.165) is 11.3 Å². The van der Waals surface area contributed by atoms with Crippen molar-refractivity contribution in [3.8, 4) is 5.75 Å². The number of para-hydroxylation sites is 2. The Morgan fingerprint density at radius 1 is 0.938 bits per heavy atom. The lowest BCUT2D eigenvalue weighted by Crippen LogP contribution is -2.25. The van der Waals surface area contributed by atoms with Gasteiger partial charge >= 0.3 is 0 Å². The lowest BCUT2D eigenvalue weighted by Gasteiger charge is -2.20. The first-order chi connectivity index (χ1) is 15.6. The van der Waals surface area contributed by atoms with Crippen molar-refractivity contribution in [1.82, 2.24) is 4.57 Å². The predicted molar refractivity (Wildman–Crippen MR) is 130 cm³/mol. The number of hydrogen-bond acceptors (Lipinski definition) is 4. The van der Waals surface area contributed by atoms with E-state index in [9.17, 15) is 9.90 Å². The van der Waals surface area contributed by atoms with Crippen molar-refractivity contribution in [2.75, 3.05) is 5.01 Å². The number of nitrogens with zero attached hydrogens (tertiary/aromatic N) is 3. The number of fused-ring (bicyclic) bond motifs is 1. The molecule has 0 aliphatic carbocycles. The van der Waals surface area contributed by atoms with Crippen LogP contribution in [0.4, 0.5) is 5.69 Å². The van der Waals surface area contributed by atoms with Crippen LogP contribution in [0.3, 0.4) is 0 Å². The van der Waals surface area contributed by atoms with Crippen molar-refractivity contribution < 1.29 is 5.11 Å². The molecule has 0 saturated heterocycles. The SMILES string of the molecule is Cn1c(=O)c(C2=NN(c3ccccc3)[C@@H](C=Cc3ccccc3)C2)c(O)c2ccccc21. The Balaban J connectivity index is 1.61. The molecule has 1 N–H and O–H groups in total. The number of aryl methyl sites for hydroxylation is 1. The van der Waals surface area contributed by atoms with E-state index in [1.54, 1.807) is 11.6 Å². The van der Waals surface area contributed by atoms with Gasteiger partial charge in [-0.15, -0.1) is 0 Å². The summed E-state index contributed by atoms with van der Waals surface area (Å²) in [6.45, 7) is 0. The molecule has 0 spiro atoms. The summed E-state index contributed by atoms with van der Waals surface area (Å²) in [5, 5.41) is 18.4. The zero-order chi connectivity index (χ0) is 22.1. The zero-order valence-corrected chi connectivity index (χ0v) is 17.7. The second kappa shape index (κ2) is 8.19. The summed E-state index contributed by atoms with van der Waals surface area (Å²) in [4.78, 5) is 13.2. The molecule has 1 aliphatic heterocycles. The third-order valence-electron chi connectivity index (χ3n) is 5.84. The van der Waals surface area contributed by atoms with Gasteiger partial charge in [-0.3, -0.25) is 9.80 Å². The number of rotatable bonds is 4. The van der Waals surface area contributed by atoms with Crippen molar-refractivity contribution in [2.24, 2.45) is 12.1 Å². The number of benzene rings is 3. The Bertz CT molecular complexity index is 1390. The van der Waals surface area contributed by atoms with Crippen LogP contribution in [0.2, 0.25) is 0 Å². The molecule has 0 radical (unpaired) electrons. The highest BCUT2D eigenvalue weighted by Crippen LogP contribution is 2.32. The van der Waals surface area contributed by atoms with Crippen molar-refractivity contribution in [1.29, 1.82) is 0 Å². The fraction of sp³-hybridized carbons (Fsp3) is 0.111. The number of hydrogen-bond donors (Lipinski definition) is 1. The molecule has 0 saturated carbocycles. The van der Waals surface area contributed by atoms with Crippen LogP contribution in [0.5, 0.6) is 5.75 Å². The fourth-order valence-corrected chi connectivity index (χ4v) is 4.19. The van der Waals surface area contributed by atoms with Crippen LogP contribution in [0.1, 0.15) is 17.5 Å². The summed E-state index contributed by atoms with van der Waals surface area (Å²) < 4.78 is 1.58. The molecule has 1 aromatic heterocycles. The molecule has 5 rings (SSSR count). The molecular weight excluding hydrogens is 398 g/mol. The van der Waals surface area contributed by atoms with E-state index in [1.165, 1.54) is 0 Å². The van der Waals surface area contributed by atoms with Gasteiger partial charge in [0.1, 0.15) is 11.3 Å². The summed E-state index contributed by atoms with van der Waals surface area (Å²) in [6.07, 6.45) is 4.68. The normalized spacial score (nSPS) is 16.1. The molecule has 1 atom stereocenters. The van der Waals surface area contributed by atoms with E-state index in [0.29, 0.717) is 23.0 Å². The van der Waals surface area contributed by atoms with Gasteiger partial charge in [-0.2, -0.15) is 5.10 Å². The predicted octanol–water partition coefficient (Wildman–Crippen LogP) is 4.94. The summed E-state index contributed by atoms with van der Waals surface area (Å²) in [5.41, 5.74) is 3.32. The van der Waals surface area contributed by atoms with Crippen molar-refractivity contribution >= 4 is 28.4 Å². The summed E-state index contributed by atoms with van der Waals surface area (Å²) >= 11 is 0. The first-order valence-corrected chi connectivity index (χ1v) is 10.6. The van der Waals surface area contributed by atoms with E-state index in [2.05, 4.69) is 12.2 Å². The Hall–Kier alpha value is -4.12. The van der Waals surface area contributed by atoms with E-state index >= 15 is 0 Å². The van der Waals surface area contributed by atoms with Crippen LogP contribution in [0.25, 0.3) is 17.0 Å². The molecule has 4 aromatic rings. The molecule has 32 heavy (non-hydrogen) atoms. The fourth-order valence-electron chi connectivity index (χ4n) is 4.19. The molecule has 3 aromatic carbocycles. The molecule has 5 nitrogen and oxygen atoms in total. The lowest BCUT2D eigenvalue weighted by atomic mass is 10.0. The van der Waals surface area contributed by atoms with Crippen LogP contribution < -0.4 is 10.6 Å². The maximum absolute atomic E-state index is 13.2. The first kappa shape index (κ1) is 19.8. The van der Waals surface area contributed by atoms with E-state index in [-0.39, 0.29) is 22.9 Å². The Morgan fingerprint density at radius 3 is 2.34 bits per heavy atom. The third-order valence-corrected chi connectivity index (χ3v) is 5.84. The van der Waals surface area contributed by atoms with Crippen LogP contribution in [-0.2, 0) is 7.05 Å². The van der Waals surface area contributed by atoms with Gasteiger partial charge in [0.05, 0.1) is 23.0 Å². The largest absolute Gasteiger partial charge is 0.506 e. The molecule has 5 heteroatoms. The van der Waals surface area contributed by atoms with Crippen LogP contribution in [0.15, 0.2) is 101 Å². The number of aromatic hydroxyl groups is 1. The summed E-state index contributed by atoms with van der Waals surface area (Å²) in [7, 11) is 1.73. The Kier molecular flexibility index (Phi) is 5.07. The van der Waals surface area contributed by atoms with Gasteiger partial charge in [0.25, 0.3) is 5.56 Å². The molecule has 1 aliphatic rings. The standard InChI is InChI=1S/C27H23N3O2/c1-29-24-15-9-8-14-22(24)26(31)25(27(29)32)23-18-21(17-16-19-10-4-2-5-11-19)30(28-23)20-12-6-3-7-13-20/h2-17,21,31H,18H2,1H3/t21-/m0/s1. The second-order valence-corrected chi connectivity index (χ2v) is 7.87. The first-order valence-electron chi connectivity index (χ1n) is 10.6. The topological polar surface area (TPSA) is 57.8 Å². The molecule has 158 valence electrons. The minimum absolute atomic E-state index is 0.0110. The van der Waals surface area contributed by atoms with Crippen molar-refractivity contribution in [3.05, 3.63) is 112 Å². The molecule has 0 fully saturated rings. The van der Waals surface area contributed by atoms with E-state index in [4.69, 9.17) is 5.10 Å². The highest BCUT2D eigenvalue weighted by atomic mass is 16.3. The zero-order valence-electron chi connectivity index (χ0n) is 17.7. The minimum Gasteiger partial charge on any atom is -0.506 e. The van der Waals surface area contributed by atoms with Crippen molar-refractivity contribution in [2.45, 2.75) is 12.5 Å². The molecule has 0 amide bonds. The van der Waals surface area contributed by atoms with Crippen LogP contribution in [0, 0.1) is 0 Å². The molecule has 2 heterocycles. The van der Waals surface area contributed by atoms with Gasteiger partial charge in [-0.05, 0) is 29.8 Å². The van der Waals surface area contributed by atoms with Gasteiger partial charge in [0.2, 0.25) is 0 Å². The van der Waals surface area contributed by atoms with Crippen LogP contribution in [-0.4, -0.2) is 21.4 Å². The number of pyridine rings is 1. The second-order valence-electron chi connectivity index (χ2n) is 7.87. The maximum Gasteiger partial charge on any atom is 0.263 e. The third kappa shape index (κ3) is 3.48.